The molecule has 5 heteroatoms. The maximum Gasteiger partial charge on any atom is 0.311 e. The van der Waals surface area contributed by atoms with E-state index in [1.165, 1.54) is 11.3 Å². The molecule has 1 N–H and O–H groups in total. The van der Waals surface area contributed by atoms with Gasteiger partial charge in [-0.25, -0.2) is 0 Å². The summed E-state index contributed by atoms with van der Waals surface area (Å²) in [5.41, 5.74) is 0.711. The minimum absolute atomic E-state index is 0.194. The van der Waals surface area contributed by atoms with Crippen LogP contribution in [0.2, 0.25) is 0 Å². The number of fused-ring (bicyclic) bond motifs is 1. The Kier molecular flexibility index (Phi) is 4.68. The Morgan fingerprint density at radius 2 is 1.83 bits per heavy atom. The van der Waals surface area contributed by atoms with Gasteiger partial charge >= 0.3 is 5.97 Å². The Morgan fingerprint density at radius 3 is 2.65 bits per heavy atom. The lowest BCUT2D eigenvalue weighted by molar-refractivity contribution is -0.146. The zero-order chi connectivity index (χ0) is 16.1. The van der Waals surface area contributed by atoms with Crippen molar-refractivity contribution in [1.82, 2.24) is 0 Å². The molecule has 0 aliphatic carbocycles. The van der Waals surface area contributed by atoms with E-state index in [4.69, 9.17) is 4.74 Å². The molecule has 0 atom stereocenters. The molecular weight excluding hydrogens is 310 g/mol. The second-order valence-corrected chi connectivity index (χ2v) is 6.02. The van der Waals surface area contributed by atoms with Crippen LogP contribution in [-0.4, -0.2) is 18.5 Å². The van der Waals surface area contributed by atoms with Crippen molar-refractivity contribution >= 4 is 39.7 Å². The number of benzene rings is 2. The SMILES string of the molecule is O=C(COC(=O)Cc1cccs1)Nc1cccc2ccccc12. The average molecular weight is 325 g/mol. The zero-order valence-electron chi connectivity index (χ0n) is 12.3. The van der Waals surface area contributed by atoms with Gasteiger partial charge in [-0.2, -0.15) is 0 Å². The first-order chi connectivity index (χ1) is 11.2. The highest BCUT2D eigenvalue weighted by Gasteiger charge is 2.10. The van der Waals surface area contributed by atoms with Crippen LogP contribution in [0.4, 0.5) is 5.69 Å². The molecular formula is C18H15NO3S. The average Bonchev–Trinajstić information content (AvgIpc) is 3.06. The van der Waals surface area contributed by atoms with Gasteiger partial charge in [0.15, 0.2) is 6.61 Å². The number of rotatable bonds is 5. The van der Waals surface area contributed by atoms with Crippen molar-refractivity contribution in [2.24, 2.45) is 0 Å². The normalized spacial score (nSPS) is 10.4. The third-order valence-electron chi connectivity index (χ3n) is 3.33. The highest BCUT2D eigenvalue weighted by atomic mass is 32.1. The minimum Gasteiger partial charge on any atom is -0.455 e. The molecule has 0 saturated carbocycles. The lowest BCUT2D eigenvalue weighted by atomic mass is 10.1. The monoisotopic (exact) mass is 325 g/mol. The fourth-order valence-corrected chi connectivity index (χ4v) is 2.96. The predicted molar refractivity (Wildman–Crippen MR) is 91.6 cm³/mol. The molecule has 116 valence electrons. The van der Waals surface area contributed by atoms with Gasteiger partial charge in [0.25, 0.3) is 5.91 Å². The molecule has 23 heavy (non-hydrogen) atoms. The Morgan fingerprint density at radius 1 is 1.00 bits per heavy atom. The van der Waals surface area contributed by atoms with E-state index in [2.05, 4.69) is 5.32 Å². The minimum atomic E-state index is -0.402. The number of carbonyl (C=O) groups is 2. The van der Waals surface area contributed by atoms with Gasteiger partial charge in [0.1, 0.15) is 0 Å². The second-order valence-electron chi connectivity index (χ2n) is 4.99. The number of hydrogen-bond donors (Lipinski definition) is 1. The second kappa shape index (κ2) is 7.07. The number of amides is 1. The number of carbonyl (C=O) groups excluding carboxylic acids is 2. The molecule has 0 saturated heterocycles. The molecule has 1 heterocycles. The summed E-state index contributed by atoms with van der Waals surface area (Å²) in [6.45, 7) is -0.284. The van der Waals surface area contributed by atoms with Crippen LogP contribution >= 0.6 is 11.3 Å². The van der Waals surface area contributed by atoms with Crippen LogP contribution in [0.1, 0.15) is 4.88 Å². The van der Waals surface area contributed by atoms with Crippen molar-refractivity contribution in [2.45, 2.75) is 6.42 Å². The lowest BCUT2D eigenvalue weighted by Gasteiger charge is -2.09. The van der Waals surface area contributed by atoms with Crippen LogP contribution in [0.3, 0.4) is 0 Å². The number of thiophene rings is 1. The first-order valence-corrected chi connectivity index (χ1v) is 8.06. The van der Waals surface area contributed by atoms with Crippen molar-refractivity contribution in [1.29, 1.82) is 0 Å². The van der Waals surface area contributed by atoms with E-state index in [1.54, 1.807) is 0 Å². The van der Waals surface area contributed by atoms with Gasteiger partial charge in [0.05, 0.1) is 6.42 Å². The Labute approximate surface area is 137 Å². The molecule has 0 radical (unpaired) electrons. The number of esters is 1. The van der Waals surface area contributed by atoms with Crippen molar-refractivity contribution in [3.8, 4) is 0 Å². The largest absolute Gasteiger partial charge is 0.455 e. The molecule has 1 aromatic heterocycles. The molecule has 3 rings (SSSR count). The summed E-state index contributed by atoms with van der Waals surface area (Å²) in [4.78, 5) is 24.6. The van der Waals surface area contributed by atoms with E-state index >= 15 is 0 Å². The fourth-order valence-electron chi connectivity index (χ4n) is 2.27. The summed E-state index contributed by atoms with van der Waals surface area (Å²) < 4.78 is 5.02. The number of hydrogen-bond acceptors (Lipinski definition) is 4. The Bertz CT molecular complexity index is 822. The molecule has 0 spiro atoms. The Hall–Kier alpha value is -2.66. The number of anilines is 1. The van der Waals surface area contributed by atoms with Gasteiger partial charge in [-0.15, -0.1) is 11.3 Å². The van der Waals surface area contributed by atoms with E-state index in [-0.39, 0.29) is 18.9 Å². The van der Waals surface area contributed by atoms with Crippen molar-refractivity contribution in [3.05, 3.63) is 64.9 Å². The fraction of sp³-hybridized carbons (Fsp3) is 0.111. The van der Waals surface area contributed by atoms with Crippen LogP contribution < -0.4 is 5.32 Å². The summed E-state index contributed by atoms with van der Waals surface area (Å²) in [6, 6.07) is 17.2. The zero-order valence-corrected chi connectivity index (χ0v) is 13.1. The molecule has 1 amide bonds. The van der Waals surface area contributed by atoms with Crippen molar-refractivity contribution < 1.29 is 14.3 Å². The maximum atomic E-state index is 12.0. The first kappa shape index (κ1) is 15.2. The highest BCUT2D eigenvalue weighted by molar-refractivity contribution is 7.10. The first-order valence-electron chi connectivity index (χ1n) is 7.18. The van der Waals surface area contributed by atoms with Crippen LogP contribution in [-0.2, 0) is 20.7 Å². The molecule has 0 aliphatic rings. The predicted octanol–water partition coefficient (Wildman–Crippen LogP) is 3.63. The summed E-state index contributed by atoms with van der Waals surface area (Å²) in [7, 11) is 0. The molecule has 4 nitrogen and oxygen atoms in total. The molecule has 0 unspecified atom stereocenters. The van der Waals surface area contributed by atoms with Gasteiger partial charge in [0, 0.05) is 16.0 Å². The summed E-state index contributed by atoms with van der Waals surface area (Å²) in [5.74, 6) is -0.749. The number of nitrogens with one attached hydrogen (secondary N) is 1. The highest BCUT2D eigenvalue weighted by Crippen LogP contribution is 2.22. The topological polar surface area (TPSA) is 55.4 Å². The van der Waals surface area contributed by atoms with Gasteiger partial charge in [-0.3, -0.25) is 9.59 Å². The standard InChI is InChI=1S/C18H15NO3S/c20-17(12-22-18(21)11-14-7-4-10-23-14)19-16-9-3-6-13-5-1-2-8-15(13)16/h1-10H,11-12H2,(H,19,20). The quantitative estimate of drug-likeness (QED) is 0.729. The van der Waals surface area contributed by atoms with Crippen LogP contribution in [0.25, 0.3) is 10.8 Å². The third-order valence-corrected chi connectivity index (χ3v) is 4.20. The van der Waals surface area contributed by atoms with Crippen LogP contribution in [0, 0.1) is 0 Å². The van der Waals surface area contributed by atoms with Crippen LogP contribution in [0.15, 0.2) is 60.0 Å². The molecule has 2 aromatic carbocycles. The van der Waals surface area contributed by atoms with Crippen LogP contribution in [0.5, 0.6) is 0 Å². The van der Waals surface area contributed by atoms with E-state index in [0.29, 0.717) is 5.69 Å². The Balaban J connectivity index is 1.57. The summed E-state index contributed by atoms with van der Waals surface area (Å²) >= 11 is 1.49. The van der Waals surface area contributed by atoms with E-state index in [9.17, 15) is 9.59 Å². The summed E-state index contributed by atoms with van der Waals surface area (Å²) in [5, 5.41) is 6.68. The van der Waals surface area contributed by atoms with Gasteiger partial charge in [0.2, 0.25) is 0 Å². The van der Waals surface area contributed by atoms with Gasteiger partial charge in [-0.05, 0) is 22.9 Å². The molecule has 0 bridgehead atoms. The number of ether oxygens (including phenoxy) is 1. The molecule has 0 fully saturated rings. The van der Waals surface area contributed by atoms with Gasteiger partial charge in [-0.1, -0.05) is 42.5 Å². The van der Waals surface area contributed by atoms with Gasteiger partial charge < -0.3 is 10.1 Å². The smallest absolute Gasteiger partial charge is 0.311 e. The third kappa shape index (κ3) is 3.96. The van der Waals surface area contributed by atoms with E-state index in [1.807, 2.05) is 60.0 Å². The van der Waals surface area contributed by atoms with Crippen molar-refractivity contribution in [3.63, 3.8) is 0 Å². The molecule has 3 aromatic rings. The molecule has 0 aliphatic heterocycles. The van der Waals surface area contributed by atoms with E-state index < -0.39 is 5.97 Å². The maximum absolute atomic E-state index is 12.0. The van der Waals surface area contributed by atoms with E-state index in [0.717, 1.165) is 15.6 Å². The summed E-state index contributed by atoms with van der Waals surface area (Å²) in [6.07, 6.45) is 0.194. The lowest BCUT2D eigenvalue weighted by Crippen LogP contribution is -2.21. The van der Waals surface area contributed by atoms with Crippen molar-refractivity contribution in [2.75, 3.05) is 11.9 Å².